The minimum Gasteiger partial charge on any atom is -0.479 e. The number of anilines is 1. The van der Waals surface area contributed by atoms with Crippen LogP contribution in [0.25, 0.3) is 0 Å². The maximum absolute atomic E-state index is 11.5. The number of rotatable bonds is 3. The van der Waals surface area contributed by atoms with Gasteiger partial charge in [-0.05, 0) is 31.0 Å². The molecule has 0 amide bonds. The number of hydrogen-bond donors (Lipinski definition) is 1. The van der Waals surface area contributed by atoms with Crippen LogP contribution in [0.3, 0.4) is 0 Å². The van der Waals surface area contributed by atoms with Gasteiger partial charge >= 0.3 is 5.97 Å². The Morgan fingerprint density at radius 2 is 2.20 bits per heavy atom. The topological polar surface area (TPSA) is 40.5 Å². The molecule has 0 unspecified atom stereocenters. The van der Waals surface area contributed by atoms with Gasteiger partial charge in [-0.25, -0.2) is 4.79 Å². The van der Waals surface area contributed by atoms with Crippen molar-refractivity contribution in [1.82, 2.24) is 0 Å². The molecule has 80 valence electrons. The molecule has 1 heterocycles. The molecule has 3 nitrogen and oxygen atoms in total. The van der Waals surface area contributed by atoms with Gasteiger partial charge in [0.25, 0.3) is 0 Å². The van der Waals surface area contributed by atoms with Gasteiger partial charge in [-0.2, -0.15) is 0 Å². The van der Waals surface area contributed by atoms with E-state index in [2.05, 4.69) is 0 Å². The average molecular weight is 205 g/mol. The van der Waals surface area contributed by atoms with Crippen LogP contribution in [-0.2, 0) is 10.3 Å². The summed E-state index contributed by atoms with van der Waals surface area (Å²) in [6.45, 7) is 4.63. The van der Waals surface area contributed by atoms with Crippen molar-refractivity contribution in [2.45, 2.75) is 25.8 Å². The number of carbonyl (C=O) groups is 1. The van der Waals surface area contributed by atoms with Crippen molar-refractivity contribution in [3.05, 3.63) is 29.8 Å². The van der Waals surface area contributed by atoms with Crippen LogP contribution < -0.4 is 4.90 Å². The van der Waals surface area contributed by atoms with Crippen LogP contribution in [0.4, 0.5) is 5.69 Å². The van der Waals surface area contributed by atoms with Gasteiger partial charge in [-0.1, -0.05) is 19.1 Å². The SMILES string of the molecule is CCN1c2cccc(c2)[C@@]1(CC)C(=O)O. The fourth-order valence-corrected chi connectivity index (χ4v) is 2.54. The number of fused-ring (bicyclic) bond motifs is 2. The Kier molecular flexibility index (Phi) is 2.18. The zero-order valence-corrected chi connectivity index (χ0v) is 9.03. The molecule has 0 aromatic heterocycles. The standard InChI is InChI=1S/C12H15NO2/c1-3-12(11(14)15)9-6-5-7-10(8-9)13(12)4-2/h5-8H,3-4H2,1-2H3,(H,14,15)/t12-/m0/s1. The third-order valence-corrected chi connectivity index (χ3v) is 3.28. The van der Waals surface area contributed by atoms with E-state index in [1.165, 1.54) is 0 Å². The first kappa shape index (κ1) is 10.0. The highest BCUT2D eigenvalue weighted by Crippen LogP contribution is 2.43. The van der Waals surface area contributed by atoms with Gasteiger partial charge in [0.15, 0.2) is 5.54 Å². The monoisotopic (exact) mass is 205 g/mol. The minimum atomic E-state index is -0.840. The van der Waals surface area contributed by atoms with Crippen molar-refractivity contribution >= 4 is 11.7 Å². The molecule has 1 atom stereocenters. The van der Waals surface area contributed by atoms with Gasteiger partial charge in [-0.15, -0.1) is 0 Å². The van der Waals surface area contributed by atoms with E-state index in [0.29, 0.717) is 13.0 Å². The van der Waals surface area contributed by atoms with Crippen LogP contribution in [0, 0.1) is 0 Å². The van der Waals surface area contributed by atoms with E-state index >= 15 is 0 Å². The van der Waals surface area contributed by atoms with Crippen LogP contribution in [0.15, 0.2) is 24.3 Å². The molecule has 2 rings (SSSR count). The van der Waals surface area contributed by atoms with Gasteiger partial charge < -0.3 is 10.0 Å². The average Bonchev–Trinajstić information content (AvgIpc) is 2.46. The number of benzene rings is 1. The number of carboxylic acids is 1. The summed E-state index contributed by atoms with van der Waals surface area (Å²) >= 11 is 0. The molecule has 1 aliphatic heterocycles. The van der Waals surface area contributed by atoms with Gasteiger partial charge in [-0.3, -0.25) is 0 Å². The highest BCUT2D eigenvalue weighted by molar-refractivity contribution is 5.88. The van der Waals surface area contributed by atoms with Crippen LogP contribution >= 0.6 is 0 Å². The third kappa shape index (κ3) is 1.09. The lowest BCUT2D eigenvalue weighted by molar-refractivity contribution is -0.143. The summed E-state index contributed by atoms with van der Waals surface area (Å²) in [4.78, 5) is 13.5. The van der Waals surface area contributed by atoms with Gasteiger partial charge in [0, 0.05) is 12.2 Å². The van der Waals surface area contributed by atoms with Crippen LogP contribution in [0.1, 0.15) is 25.8 Å². The lowest BCUT2D eigenvalue weighted by Gasteiger charge is -2.35. The molecular formula is C12H15NO2. The first-order valence-corrected chi connectivity index (χ1v) is 5.28. The molecule has 0 saturated carbocycles. The Labute approximate surface area is 89.3 Å². The summed E-state index contributed by atoms with van der Waals surface area (Å²) in [6.07, 6.45) is 0.587. The summed E-state index contributed by atoms with van der Waals surface area (Å²) in [5, 5.41) is 9.47. The van der Waals surface area contributed by atoms with E-state index in [0.717, 1.165) is 11.3 Å². The van der Waals surface area contributed by atoms with Crippen molar-refractivity contribution < 1.29 is 9.90 Å². The Morgan fingerprint density at radius 3 is 2.73 bits per heavy atom. The third-order valence-electron chi connectivity index (χ3n) is 3.28. The van der Waals surface area contributed by atoms with Crippen molar-refractivity contribution in [1.29, 1.82) is 0 Å². The number of aliphatic carboxylic acids is 1. The summed E-state index contributed by atoms with van der Waals surface area (Å²) in [5.74, 6) is -0.756. The van der Waals surface area contributed by atoms with E-state index in [1.807, 2.05) is 43.0 Å². The normalized spacial score (nSPS) is 23.2. The first-order chi connectivity index (χ1) is 7.16. The van der Waals surface area contributed by atoms with Gasteiger partial charge in [0.1, 0.15) is 0 Å². The maximum Gasteiger partial charge on any atom is 0.334 e. The highest BCUT2D eigenvalue weighted by Gasteiger charge is 2.47. The lowest BCUT2D eigenvalue weighted by Crippen LogP contribution is -2.49. The fourth-order valence-electron chi connectivity index (χ4n) is 2.54. The molecule has 0 radical (unpaired) electrons. The molecule has 0 aliphatic carbocycles. The second kappa shape index (κ2) is 3.26. The summed E-state index contributed by atoms with van der Waals surface area (Å²) < 4.78 is 0. The molecule has 0 fully saturated rings. The van der Waals surface area contributed by atoms with E-state index < -0.39 is 11.5 Å². The molecule has 3 heteroatoms. The Bertz CT molecular complexity index is 402. The van der Waals surface area contributed by atoms with E-state index in [1.54, 1.807) is 0 Å². The van der Waals surface area contributed by atoms with Crippen molar-refractivity contribution in [2.75, 3.05) is 11.4 Å². The second-order valence-electron chi connectivity index (χ2n) is 3.81. The summed E-state index contributed by atoms with van der Waals surface area (Å²) in [7, 11) is 0. The van der Waals surface area contributed by atoms with Crippen LogP contribution in [-0.4, -0.2) is 17.6 Å². The van der Waals surface area contributed by atoms with Gasteiger partial charge in [0.2, 0.25) is 0 Å². The fraction of sp³-hybridized carbons (Fsp3) is 0.417. The van der Waals surface area contributed by atoms with Crippen molar-refractivity contribution in [3.63, 3.8) is 0 Å². The van der Waals surface area contributed by atoms with E-state index in [-0.39, 0.29) is 0 Å². The summed E-state index contributed by atoms with van der Waals surface area (Å²) in [6, 6.07) is 7.76. The Morgan fingerprint density at radius 1 is 1.47 bits per heavy atom. The molecule has 1 aliphatic rings. The smallest absolute Gasteiger partial charge is 0.334 e. The predicted molar refractivity (Wildman–Crippen MR) is 59.1 cm³/mol. The molecule has 0 saturated heterocycles. The van der Waals surface area contributed by atoms with Crippen LogP contribution in [0.5, 0.6) is 0 Å². The van der Waals surface area contributed by atoms with E-state index in [9.17, 15) is 9.90 Å². The number of nitrogens with zero attached hydrogens (tertiary/aromatic N) is 1. The van der Waals surface area contributed by atoms with E-state index in [4.69, 9.17) is 0 Å². The molecule has 2 bridgehead atoms. The zero-order valence-electron chi connectivity index (χ0n) is 9.03. The maximum atomic E-state index is 11.5. The Balaban J connectivity index is 2.60. The molecule has 0 spiro atoms. The van der Waals surface area contributed by atoms with Crippen molar-refractivity contribution in [2.24, 2.45) is 0 Å². The lowest BCUT2D eigenvalue weighted by atomic mass is 9.89. The molecule has 1 N–H and O–H groups in total. The highest BCUT2D eigenvalue weighted by atomic mass is 16.4. The largest absolute Gasteiger partial charge is 0.479 e. The zero-order chi connectivity index (χ0) is 11.1. The summed E-state index contributed by atoms with van der Waals surface area (Å²) in [5.41, 5.74) is 1.07. The number of likely N-dealkylation sites (N-methyl/N-ethyl adjacent to an activating group) is 1. The van der Waals surface area contributed by atoms with Gasteiger partial charge in [0.05, 0.1) is 0 Å². The second-order valence-corrected chi connectivity index (χ2v) is 3.81. The van der Waals surface area contributed by atoms with Crippen LogP contribution in [0.2, 0.25) is 0 Å². The number of carboxylic acid groups (broad SMARTS) is 1. The predicted octanol–water partition coefficient (Wildman–Crippen LogP) is 2.22. The minimum absolute atomic E-state index is 0.587. The number of hydrogen-bond acceptors (Lipinski definition) is 2. The molecular weight excluding hydrogens is 190 g/mol. The Hall–Kier alpha value is -1.51. The molecule has 1 aromatic carbocycles. The first-order valence-electron chi connectivity index (χ1n) is 5.28. The molecule has 15 heavy (non-hydrogen) atoms. The van der Waals surface area contributed by atoms with Crippen molar-refractivity contribution in [3.8, 4) is 0 Å². The quantitative estimate of drug-likeness (QED) is 0.822. The molecule has 1 aromatic rings.